The van der Waals surface area contributed by atoms with Gasteiger partial charge < -0.3 is 14.2 Å². The van der Waals surface area contributed by atoms with Gasteiger partial charge in [-0.1, -0.05) is 50.2 Å². The lowest BCUT2D eigenvalue weighted by molar-refractivity contribution is -0.142. The Morgan fingerprint density at radius 2 is 1.40 bits per heavy atom. The molecule has 0 unspecified atom stereocenters. The highest BCUT2D eigenvalue weighted by molar-refractivity contribution is 6.38. The number of imide groups is 1. The monoisotopic (exact) mass is 475 g/mol. The Kier molecular flexibility index (Phi) is 7.05. The number of nitrogens with zero attached hydrogens (tertiary/aromatic N) is 1. The van der Waals surface area contributed by atoms with Gasteiger partial charge in [0.1, 0.15) is 11.5 Å². The van der Waals surface area contributed by atoms with Gasteiger partial charge in [0.25, 0.3) is 11.8 Å². The fraction of sp³-hybridized carbons (Fsp3) is 0.321. The molecule has 7 heteroatoms. The average molecular weight is 476 g/mol. The molecule has 0 aliphatic carbocycles. The molecular weight excluding hydrogens is 446 g/mol. The molecule has 0 saturated heterocycles. The molecule has 1 aliphatic heterocycles. The first kappa shape index (κ1) is 24.3. The lowest BCUT2D eigenvalue weighted by Gasteiger charge is -2.17. The number of esters is 1. The van der Waals surface area contributed by atoms with Crippen molar-refractivity contribution in [2.75, 3.05) is 24.7 Å². The standard InChI is InChI=1S/C28H29NO6/c1-5-33-22(30)15-18-11-13-19(14-12-18)29-27(31)23-24(28(29)32)26(35-16-17(3)4)21-10-8-7-9-20(21)25(23)34-6-2/h7-14,17H,5-6,15-16H2,1-4H3. The van der Waals surface area contributed by atoms with Gasteiger partial charge in [-0.2, -0.15) is 0 Å². The Hall–Kier alpha value is -3.87. The zero-order chi connectivity index (χ0) is 25.1. The largest absolute Gasteiger partial charge is 0.492 e. The number of anilines is 1. The molecule has 7 nitrogen and oxygen atoms in total. The molecule has 0 spiro atoms. The Morgan fingerprint density at radius 1 is 0.829 bits per heavy atom. The van der Waals surface area contributed by atoms with Crippen molar-refractivity contribution in [3.8, 4) is 11.5 Å². The molecule has 2 amide bonds. The first-order chi connectivity index (χ1) is 16.9. The molecule has 0 saturated carbocycles. The van der Waals surface area contributed by atoms with Gasteiger partial charge in [0.05, 0.1) is 43.1 Å². The van der Waals surface area contributed by atoms with Crippen LogP contribution in [-0.2, 0) is 16.0 Å². The summed E-state index contributed by atoms with van der Waals surface area (Å²) in [6, 6.07) is 14.2. The third-order valence-electron chi connectivity index (χ3n) is 5.65. The second kappa shape index (κ2) is 10.2. The highest BCUT2D eigenvalue weighted by Gasteiger charge is 2.43. The number of carbonyl (C=O) groups is 3. The van der Waals surface area contributed by atoms with Crippen molar-refractivity contribution in [3.05, 3.63) is 65.2 Å². The van der Waals surface area contributed by atoms with Crippen molar-refractivity contribution in [2.45, 2.75) is 34.1 Å². The summed E-state index contributed by atoms with van der Waals surface area (Å²) in [6.45, 7) is 8.68. The summed E-state index contributed by atoms with van der Waals surface area (Å²) in [7, 11) is 0. The van der Waals surface area contributed by atoms with Gasteiger partial charge in [-0.15, -0.1) is 0 Å². The molecule has 3 aromatic rings. The van der Waals surface area contributed by atoms with E-state index in [1.165, 1.54) is 0 Å². The van der Waals surface area contributed by atoms with Crippen LogP contribution in [0, 0.1) is 5.92 Å². The minimum absolute atomic E-state index is 0.114. The molecule has 35 heavy (non-hydrogen) atoms. The summed E-state index contributed by atoms with van der Waals surface area (Å²) in [4.78, 5) is 40.3. The zero-order valence-corrected chi connectivity index (χ0v) is 20.4. The van der Waals surface area contributed by atoms with Crippen LogP contribution in [0.3, 0.4) is 0 Å². The van der Waals surface area contributed by atoms with Gasteiger partial charge in [-0.3, -0.25) is 14.4 Å². The lowest BCUT2D eigenvalue weighted by atomic mass is 9.99. The molecule has 4 rings (SSSR count). The number of hydrogen-bond donors (Lipinski definition) is 0. The quantitative estimate of drug-likeness (QED) is 0.313. The van der Waals surface area contributed by atoms with E-state index in [1.807, 2.05) is 45.0 Å². The van der Waals surface area contributed by atoms with E-state index in [0.717, 1.165) is 21.2 Å². The van der Waals surface area contributed by atoms with Gasteiger partial charge in [0.2, 0.25) is 0 Å². The molecule has 0 aromatic heterocycles. The minimum atomic E-state index is -0.466. The maximum absolute atomic E-state index is 13.7. The second-order valence-electron chi connectivity index (χ2n) is 8.69. The number of benzene rings is 3. The highest BCUT2D eigenvalue weighted by atomic mass is 16.5. The van der Waals surface area contributed by atoms with E-state index in [4.69, 9.17) is 14.2 Å². The fourth-order valence-electron chi connectivity index (χ4n) is 4.17. The molecule has 3 aromatic carbocycles. The predicted molar refractivity (Wildman–Crippen MR) is 133 cm³/mol. The summed E-state index contributed by atoms with van der Waals surface area (Å²) in [5.41, 5.74) is 1.56. The van der Waals surface area contributed by atoms with Crippen LogP contribution < -0.4 is 14.4 Å². The van der Waals surface area contributed by atoms with E-state index in [-0.39, 0.29) is 29.4 Å². The van der Waals surface area contributed by atoms with Crippen LogP contribution in [0.1, 0.15) is 54.0 Å². The van der Waals surface area contributed by atoms with Gasteiger partial charge in [0.15, 0.2) is 0 Å². The number of fused-ring (bicyclic) bond motifs is 2. The number of amides is 2. The van der Waals surface area contributed by atoms with E-state index in [0.29, 0.717) is 37.0 Å². The van der Waals surface area contributed by atoms with E-state index < -0.39 is 11.8 Å². The van der Waals surface area contributed by atoms with Crippen LogP contribution in [0.4, 0.5) is 5.69 Å². The third kappa shape index (κ3) is 4.58. The molecule has 0 radical (unpaired) electrons. The van der Waals surface area contributed by atoms with Crippen LogP contribution in [0.15, 0.2) is 48.5 Å². The zero-order valence-electron chi connectivity index (χ0n) is 20.4. The van der Waals surface area contributed by atoms with Crippen LogP contribution >= 0.6 is 0 Å². The maximum Gasteiger partial charge on any atom is 0.310 e. The van der Waals surface area contributed by atoms with Gasteiger partial charge in [-0.25, -0.2) is 4.90 Å². The van der Waals surface area contributed by atoms with Gasteiger partial charge in [0, 0.05) is 10.8 Å². The molecule has 0 atom stereocenters. The summed E-state index contributed by atoms with van der Waals surface area (Å²) in [6.07, 6.45) is 0.114. The smallest absolute Gasteiger partial charge is 0.310 e. The van der Waals surface area contributed by atoms with Crippen LogP contribution in [0.5, 0.6) is 11.5 Å². The minimum Gasteiger partial charge on any atom is -0.492 e. The van der Waals surface area contributed by atoms with Crippen LogP contribution in [0.25, 0.3) is 10.8 Å². The summed E-state index contributed by atoms with van der Waals surface area (Å²) >= 11 is 0. The number of carbonyl (C=O) groups excluding carboxylic acids is 3. The third-order valence-corrected chi connectivity index (χ3v) is 5.65. The van der Waals surface area contributed by atoms with Gasteiger partial charge in [-0.05, 0) is 37.5 Å². The topological polar surface area (TPSA) is 82.1 Å². The van der Waals surface area contributed by atoms with Crippen molar-refractivity contribution in [1.29, 1.82) is 0 Å². The van der Waals surface area contributed by atoms with Crippen molar-refractivity contribution < 1.29 is 28.6 Å². The van der Waals surface area contributed by atoms with Crippen molar-refractivity contribution in [3.63, 3.8) is 0 Å². The van der Waals surface area contributed by atoms with Gasteiger partial charge >= 0.3 is 5.97 Å². The first-order valence-electron chi connectivity index (χ1n) is 11.8. The molecule has 0 N–H and O–H groups in total. The van der Waals surface area contributed by atoms with Crippen molar-refractivity contribution in [2.24, 2.45) is 5.92 Å². The first-order valence-corrected chi connectivity index (χ1v) is 11.8. The van der Waals surface area contributed by atoms with Crippen LogP contribution in [-0.4, -0.2) is 37.6 Å². The highest BCUT2D eigenvalue weighted by Crippen LogP contribution is 2.46. The molecular formula is C28H29NO6. The summed E-state index contributed by atoms with van der Waals surface area (Å²) in [5, 5.41) is 1.45. The molecule has 0 fully saturated rings. The van der Waals surface area contributed by atoms with Crippen LogP contribution in [0.2, 0.25) is 0 Å². The van der Waals surface area contributed by atoms with E-state index in [1.54, 1.807) is 31.2 Å². The lowest BCUT2D eigenvalue weighted by Crippen LogP contribution is -2.29. The maximum atomic E-state index is 13.7. The molecule has 182 valence electrons. The fourth-order valence-corrected chi connectivity index (χ4v) is 4.17. The SMILES string of the molecule is CCOC(=O)Cc1ccc(N2C(=O)c3c(c(OCC(C)C)c4ccccc4c3OCC)C2=O)cc1. The molecule has 1 aliphatic rings. The Bertz CT molecular complexity index is 1280. The van der Waals surface area contributed by atoms with Crippen molar-refractivity contribution >= 4 is 34.2 Å². The number of ether oxygens (including phenoxy) is 3. The average Bonchev–Trinajstić information content (AvgIpc) is 3.09. The predicted octanol–water partition coefficient (Wildman–Crippen LogP) is 5.18. The summed E-state index contributed by atoms with van der Waals surface area (Å²) in [5.74, 6) is -0.255. The molecule has 0 bridgehead atoms. The Labute approximate surface area is 204 Å². The Balaban J connectivity index is 1.81. The molecule has 1 heterocycles. The van der Waals surface area contributed by atoms with E-state index in [2.05, 4.69) is 0 Å². The Morgan fingerprint density at radius 3 is 1.91 bits per heavy atom. The normalized spacial score (nSPS) is 12.9. The van der Waals surface area contributed by atoms with E-state index in [9.17, 15) is 14.4 Å². The number of hydrogen-bond acceptors (Lipinski definition) is 6. The summed E-state index contributed by atoms with van der Waals surface area (Å²) < 4.78 is 17.1. The second-order valence-corrected chi connectivity index (χ2v) is 8.69. The number of rotatable bonds is 9. The van der Waals surface area contributed by atoms with Crippen molar-refractivity contribution in [1.82, 2.24) is 0 Å². The van der Waals surface area contributed by atoms with E-state index >= 15 is 0 Å².